The smallest absolute Gasteiger partial charge is 0.0506 e. The summed E-state index contributed by atoms with van der Waals surface area (Å²) in [5, 5.41) is 12.1. The van der Waals surface area contributed by atoms with Crippen LogP contribution in [0.2, 0.25) is 0 Å². The molecule has 1 rings (SSSR count). The molecule has 0 aromatic carbocycles. The van der Waals surface area contributed by atoms with Crippen LogP contribution in [-0.4, -0.2) is 49.5 Å². The molecule has 0 spiro atoms. The van der Waals surface area contributed by atoms with Crippen molar-refractivity contribution >= 4 is 11.8 Å². The van der Waals surface area contributed by atoms with Crippen LogP contribution in [0.1, 0.15) is 19.3 Å². The van der Waals surface area contributed by atoms with Crippen molar-refractivity contribution < 1.29 is 9.84 Å². The van der Waals surface area contributed by atoms with Crippen molar-refractivity contribution in [2.75, 3.05) is 44.4 Å². The van der Waals surface area contributed by atoms with Crippen molar-refractivity contribution in [3.05, 3.63) is 0 Å². The number of thioether (sulfide) groups is 1. The molecule has 0 aromatic rings. The molecule has 0 aliphatic carbocycles. The van der Waals surface area contributed by atoms with E-state index in [9.17, 15) is 0 Å². The van der Waals surface area contributed by atoms with Crippen LogP contribution in [-0.2, 0) is 4.74 Å². The molecule has 1 aliphatic rings. The van der Waals surface area contributed by atoms with Gasteiger partial charge in [0.25, 0.3) is 0 Å². The van der Waals surface area contributed by atoms with Crippen molar-refractivity contribution in [1.82, 2.24) is 5.32 Å². The average molecular weight is 233 g/mol. The third-order valence-corrected chi connectivity index (χ3v) is 3.63. The fourth-order valence-electron chi connectivity index (χ4n) is 1.69. The van der Waals surface area contributed by atoms with Crippen LogP contribution in [0.4, 0.5) is 0 Å². The lowest BCUT2D eigenvalue weighted by atomic mass is 10.0. The van der Waals surface area contributed by atoms with E-state index < -0.39 is 0 Å². The summed E-state index contributed by atoms with van der Waals surface area (Å²) >= 11 is 1.91. The molecule has 0 radical (unpaired) electrons. The molecule has 0 amide bonds. The Labute approximate surface area is 97.0 Å². The second-order valence-electron chi connectivity index (χ2n) is 3.98. The van der Waals surface area contributed by atoms with Gasteiger partial charge in [0.2, 0.25) is 0 Å². The summed E-state index contributed by atoms with van der Waals surface area (Å²) in [5.74, 6) is 2.94. The number of aliphatic hydroxyl groups is 1. The number of nitrogens with one attached hydrogen (secondary N) is 1. The quantitative estimate of drug-likeness (QED) is 0.617. The Kier molecular flexibility index (Phi) is 8.38. The Hall–Kier alpha value is 0.230. The molecule has 1 heterocycles. The van der Waals surface area contributed by atoms with Gasteiger partial charge in [-0.05, 0) is 30.9 Å². The van der Waals surface area contributed by atoms with Crippen LogP contribution in [0, 0.1) is 5.92 Å². The van der Waals surface area contributed by atoms with Gasteiger partial charge in [0.15, 0.2) is 0 Å². The highest BCUT2D eigenvalue weighted by Gasteiger charge is 2.12. The maximum Gasteiger partial charge on any atom is 0.0506 e. The summed E-state index contributed by atoms with van der Waals surface area (Å²) in [6.45, 7) is 4.38. The Balaban J connectivity index is 1.79. The Bertz CT molecular complexity index is 141. The predicted octanol–water partition coefficient (Wildman–Crippen LogP) is 1.12. The van der Waals surface area contributed by atoms with Gasteiger partial charge in [-0.25, -0.2) is 0 Å². The summed E-state index contributed by atoms with van der Waals surface area (Å²) in [7, 11) is 0. The van der Waals surface area contributed by atoms with Gasteiger partial charge in [0.05, 0.1) is 6.61 Å². The van der Waals surface area contributed by atoms with Crippen molar-refractivity contribution in [3.8, 4) is 0 Å². The minimum absolute atomic E-state index is 0.319. The Morgan fingerprint density at radius 3 is 3.07 bits per heavy atom. The molecule has 0 saturated carbocycles. The number of hydrogen-bond acceptors (Lipinski definition) is 4. The first-order valence-electron chi connectivity index (χ1n) is 5.90. The summed E-state index contributed by atoms with van der Waals surface area (Å²) < 4.78 is 5.42. The van der Waals surface area contributed by atoms with Gasteiger partial charge in [-0.15, -0.1) is 0 Å². The van der Waals surface area contributed by atoms with E-state index in [0.717, 1.165) is 50.1 Å². The van der Waals surface area contributed by atoms with E-state index in [1.807, 2.05) is 11.8 Å². The van der Waals surface area contributed by atoms with Gasteiger partial charge in [0.1, 0.15) is 0 Å². The standard InChI is InChI=1S/C11H23NO2S/c13-5-2-7-15-8-4-12-9-11-3-1-6-14-10-11/h11-13H,1-10H2. The molecule has 90 valence electrons. The van der Waals surface area contributed by atoms with Crippen LogP contribution in [0.5, 0.6) is 0 Å². The normalized spacial score (nSPS) is 21.8. The van der Waals surface area contributed by atoms with E-state index in [-0.39, 0.29) is 0 Å². The minimum atomic E-state index is 0.319. The van der Waals surface area contributed by atoms with E-state index in [1.165, 1.54) is 12.8 Å². The van der Waals surface area contributed by atoms with Crippen LogP contribution in [0.3, 0.4) is 0 Å². The summed E-state index contributed by atoms with van der Waals surface area (Å²) in [5.41, 5.74) is 0. The summed E-state index contributed by atoms with van der Waals surface area (Å²) in [6.07, 6.45) is 3.45. The highest BCUT2D eigenvalue weighted by Crippen LogP contribution is 2.12. The highest BCUT2D eigenvalue weighted by atomic mass is 32.2. The second kappa shape index (κ2) is 9.46. The van der Waals surface area contributed by atoms with E-state index >= 15 is 0 Å². The van der Waals surface area contributed by atoms with Crippen molar-refractivity contribution in [3.63, 3.8) is 0 Å². The van der Waals surface area contributed by atoms with Crippen LogP contribution in [0.15, 0.2) is 0 Å². The van der Waals surface area contributed by atoms with E-state index in [4.69, 9.17) is 9.84 Å². The van der Waals surface area contributed by atoms with E-state index in [1.54, 1.807) is 0 Å². The summed E-state index contributed by atoms with van der Waals surface area (Å²) in [6, 6.07) is 0. The summed E-state index contributed by atoms with van der Waals surface area (Å²) in [4.78, 5) is 0. The lowest BCUT2D eigenvalue weighted by Crippen LogP contribution is -2.30. The molecule has 1 fully saturated rings. The van der Waals surface area contributed by atoms with E-state index in [2.05, 4.69) is 5.32 Å². The maximum atomic E-state index is 8.60. The fraction of sp³-hybridized carbons (Fsp3) is 1.00. The number of hydrogen-bond donors (Lipinski definition) is 2. The molecular formula is C11H23NO2S. The van der Waals surface area contributed by atoms with Gasteiger partial charge in [-0.1, -0.05) is 0 Å². The van der Waals surface area contributed by atoms with Crippen LogP contribution in [0.25, 0.3) is 0 Å². The zero-order valence-corrected chi connectivity index (χ0v) is 10.2. The number of ether oxygens (including phenoxy) is 1. The third kappa shape index (κ3) is 7.17. The lowest BCUT2D eigenvalue weighted by Gasteiger charge is -2.22. The van der Waals surface area contributed by atoms with Gasteiger partial charge in [-0.3, -0.25) is 0 Å². The molecule has 1 unspecified atom stereocenters. The Morgan fingerprint density at radius 1 is 1.40 bits per heavy atom. The monoisotopic (exact) mass is 233 g/mol. The SMILES string of the molecule is OCCCSCCNCC1CCCOC1. The fourth-order valence-corrected chi connectivity index (χ4v) is 2.51. The predicted molar refractivity (Wildman–Crippen MR) is 65.4 cm³/mol. The van der Waals surface area contributed by atoms with Crippen molar-refractivity contribution in [1.29, 1.82) is 0 Å². The molecule has 1 saturated heterocycles. The second-order valence-corrected chi connectivity index (χ2v) is 5.20. The molecule has 1 aliphatic heterocycles. The average Bonchev–Trinajstić information content (AvgIpc) is 2.29. The third-order valence-electron chi connectivity index (χ3n) is 2.56. The molecule has 1 atom stereocenters. The van der Waals surface area contributed by atoms with Gasteiger partial charge in [0, 0.05) is 32.1 Å². The highest BCUT2D eigenvalue weighted by molar-refractivity contribution is 7.99. The molecule has 15 heavy (non-hydrogen) atoms. The van der Waals surface area contributed by atoms with Gasteiger partial charge in [-0.2, -0.15) is 11.8 Å². The zero-order valence-electron chi connectivity index (χ0n) is 9.41. The lowest BCUT2D eigenvalue weighted by molar-refractivity contribution is 0.0551. The van der Waals surface area contributed by atoms with Gasteiger partial charge >= 0.3 is 0 Å². The topological polar surface area (TPSA) is 41.5 Å². The molecule has 0 bridgehead atoms. The van der Waals surface area contributed by atoms with Gasteiger partial charge < -0.3 is 15.2 Å². The van der Waals surface area contributed by atoms with E-state index in [0.29, 0.717) is 6.61 Å². The molecule has 4 heteroatoms. The number of aliphatic hydroxyl groups excluding tert-OH is 1. The first-order chi connectivity index (χ1) is 7.43. The molecular weight excluding hydrogens is 210 g/mol. The number of rotatable bonds is 8. The van der Waals surface area contributed by atoms with Crippen LogP contribution >= 0.6 is 11.8 Å². The first kappa shape index (κ1) is 13.3. The zero-order chi connectivity index (χ0) is 10.8. The van der Waals surface area contributed by atoms with Crippen molar-refractivity contribution in [2.45, 2.75) is 19.3 Å². The van der Waals surface area contributed by atoms with Crippen molar-refractivity contribution in [2.24, 2.45) is 5.92 Å². The Morgan fingerprint density at radius 2 is 2.33 bits per heavy atom. The molecule has 3 nitrogen and oxygen atoms in total. The largest absolute Gasteiger partial charge is 0.396 e. The molecule has 0 aromatic heterocycles. The van der Waals surface area contributed by atoms with Crippen LogP contribution < -0.4 is 5.32 Å². The first-order valence-corrected chi connectivity index (χ1v) is 7.06. The minimum Gasteiger partial charge on any atom is -0.396 e. The maximum absolute atomic E-state index is 8.60. The molecule has 2 N–H and O–H groups in total.